The van der Waals surface area contributed by atoms with Crippen molar-refractivity contribution >= 4 is 27.0 Å². The SMILES string of the molecule is Cc1ncnc2c1c(C#Cc1ccc(Br)cc1)cn2[C@@H]1O[C@H](CO)[C@@H](O)[C@@]1(C)F. The van der Waals surface area contributed by atoms with Crippen LogP contribution < -0.4 is 0 Å². The number of hydrogen-bond donors (Lipinski definition) is 2. The van der Waals surface area contributed by atoms with Crippen molar-refractivity contribution in [2.45, 2.75) is 38.0 Å². The normalized spacial score (nSPS) is 26.5. The third kappa shape index (κ3) is 3.45. The first-order valence-corrected chi connectivity index (χ1v) is 9.85. The number of aromatic nitrogens is 3. The minimum atomic E-state index is -2.12. The second-order valence-electron chi connectivity index (χ2n) is 7.17. The van der Waals surface area contributed by atoms with Crippen molar-refractivity contribution in [1.29, 1.82) is 0 Å². The fourth-order valence-corrected chi connectivity index (χ4v) is 3.81. The lowest BCUT2D eigenvalue weighted by molar-refractivity contribution is -0.0564. The second kappa shape index (κ2) is 7.50. The maximum atomic E-state index is 15.3. The van der Waals surface area contributed by atoms with Crippen LogP contribution in [-0.2, 0) is 4.74 Å². The minimum Gasteiger partial charge on any atom is -0.394 e. The number of fused-ring (bicyclic) bond motifs is 1. The van der Waals surface area contributed by atoms with Crippen LogP contribution in [0.5, 0.6) is 0 Å². The summed E-state index contributed by atoms with van der Waals surface area (Å²) in [6.45, 7) is 2.60. The number of benzene rings is 1. The van der Waals surface area contributed by atoms with Gasteiger partial charge in [-0.25, -0.2) is 14.4 Å². The summed E-state index contributed by atoms with van der Waals surface area (Å²) in [5, 5.41) is 20.3. The van der Waals surface area contributed by atoms with Crippen LogP contribution >= 0.6 is 15.9 Å². The number of nitrogens with zero attached hydrogens (tertiary/aromatic N) is 3. The number of halogens is 2. The Kier molecular flexibility index (Phi) is 5.17. The Bertz CT molecular complexity index is 1120. The molecule has 0 amide bonds. The predicted octanol–water partition coefficient (Wildman–Crippen LogP) is 2.88. The molecule has 4 atom stereocenters. The van der Waals surface area contributed by atoms with Gasteiger partial charge < -0.3 is 19.5 Å². The Hall–Kier alpha value is -2.31. The lowest BCUT2D eigenvalue weighted by Gasteiger charge is -2.25. The quantitative estimate of drug-likeness (QED) is 0.575. The molecule has 4 rings (SSSR count). The topological polar surface area (TPSA) is 80.4 Å². The highest BCUT2D eigenvalue weighted by Crippen LogP contribution is 2.43. The van der Waals surface area contributed by atoms with E-state index in [-0.39, 0.29) is 0 Å². The van der Waals surface area contributed by atoms with Crippen molar-refractivity contribution < 1.29 is 19.3 Å². The highest BCUT2D eigenvalue weighted by molar-refractivity contribution is 9.10. The molecule has 0 radical (unpaired) electrons. The fraction of sp³-hybridized carbons (Fsp3) is 0.333. The molecule has 1 fully saturated rings. The van der Waals surface area contributed by atoms with E-state index in [1.807, 2.05) is 31.2 Å². The first kappa shape index (κ1) is 20.0. The molecule has 0 saturated carbocycles. The maximum absolute atomic E-state index is 15.3. The van der Waals surface area contributed by atoms with Crippen LogP contribution in [0.3, 0.4) is 0 Å². The van der Waals surface area contributed by atoms with Gasteiger partial charge in [0, 0.05) is 16.2 Å². The zero-order chi connectivity index (χ0) is 20.8. The van der Waals surface area contributed by atoms with Crippen LogP contribution in [0.25, 0.3) is 11.0 Å². The highest BCUT2D eigenvalue weighted by atomic mass is 79.9. The van der Waals surface area contributed by atoms with Crippen molar-refractivity contribution in [2.24, 2.45) is 0 Å². The van der Waals surface area contributed by atoms with Crippen LogP contribution in [0.2, 0.25) is 0 Å². The van der Waals surface area contributed by atoms with Crippen LogP contribution in [-0.4, -0.2) is 49.2 Å². The van der Waals surface area contributed by atoms with E-state index in [1.54, 1.807) is 6.20 Å². The lowest BCUT2D eigenvalue weighted by Crippen LogP contribution is -2.40. The van der Waals surface area contributed by atoms with E-state index >= 15 is 4.39 Å². The van der Waals surface area contributed by atoms with Gasteiger partial charge in [-0.15, -0.1) is 0 Å². The summed E-state index contributed by atoms with van der Waals surface area (Å²) in [5.41, 5.74) is 0.493. The van der Waals surface area contributed by atoms with Gasteiger partial charge >= 0.3 is 0 Å². The molecule has 1 aliphatic rings. The average molecular weight is 460 g/mol. The standard InChI is InChI=1S/C21H19BrFN3O3/c1-12-17-14(6-3-13-4-7-15(22)8-5-13)9-26(19(17)25-11-24-12)20-21(2,23)18(28)16(10-27)29-20/h4-5,7-9,11,16,18,20,27-28H,10H2,1-2H3/t16-,18-,20-,21-/m1/s1. The fourth-order valence-electron chi connectivity index (χ4n) is 3.55. The number of aliphatic hydroxyl groups excluding tert-OH is 2. The van der Waals surface area contributed by atoms with Crippen molar-refractivity contribution in [3.05, 3.63) is 58.1 Å². The molecule has 29 heavy (non-hydrogen) atoms. The number of hydrogen-bond acceptors (Lipinski definition) is 5. The highest BCUT2D eigenvalue weighted by Gasteiger charge is 2.55. The molecular weight excluding hydrogens is 441 g/mol. The van der Waals surface area contributed by atoms with Crippen LogP contribution in [0.1, 0.15) is 30.0 Å². The predicted molar refractivity (Wildman–Crippen MR) is 109 cm³/mol. The van der Waals surface area contributed by atoms with Crippen molar-refractivity contribution in [3.63, 3.8) is 0 Å². The summed E-state index contributed by atoms with van der Waals surface area (Å²) in [6, 6.07) is 7.58. The molecular formula is C21H19BrFN3O3. The molecule has 150 valence electrons. The van der Waals surface area contributed by atoms with E-state index in [9.17, 15) is 10.2 Å². The van der Waals surface area contributed by atoms with Gasteiger partial charge in [-0.1, -0.05) is 27.8 Å². The molecule has 8 heteroatoms. The molecule has 1 saturated heterocycles. The summed E-state index contributed by atoms with van der Waals surface area (Å²) in [7, 11) is 0. The van der Waals surface area contributed by atoms with E-state index in [0.29, 0.717) is 22.3 Å². The van der Waals surface area contributed by atoms with Gasteiger partial charge in [-0.3, -0.25) is 0 Å². The van der Waals surface area contributed by atoms with Crippen LogP contribution in [0, 0.1) is 18.8 Å². The summed E-state index contributed by atoms with van der Waals surface area (Å²) in [6.07, 6.45) is -0.588. The molecule has 3 aromatic rings. The van der Waals surface area contributed by atoms with Crippen molar-refractivity contribution in [3.8, 4) is 11.8 Å². The van der Waals surface area contributed by atoms with E-state index in [2.05, 4.69) is 37.7 Å². The smallest absolute Gasteiger partial charge is 0.181 e. The molecule has 1 aromatic carbocycles. The largest absolute Gasteiger partial charge is 0.394 e. The van der Waals surface area contributed by atoms with Gasteiger partial charge in [0.2, 0.25) is 0 Å². The molecule has 3 heterocycles. The van der Waals surface area contributed by atoms with Crippen molar-refractivity contribution in [1.82, 2.24) is 14.5 Å². The molecule has 2 N–H and O–H groups in total. The molecule has 6 nitrogen and oxygen atoms in total. The Morgan fingerprint density at radius 3 is 2.66 bits per heavy atom. The molecule has 1 aliphatic heterocycles. The number of aryl methyl sites for hydroxylation is 1. The van der Waals surface area contributed by atoms with Crippen molar-refractivity contribution in [2.75, 3.05) is 6.61 Å². The molecule has 0 spiro atoms. The van der Waals surface area contributed by atoms with Gasteiger partial charge in [0.25, 0.3) is 0 Å². The van der Waals surface area contributed by atoms with E-state index in [0.717, 1.165) is 10.0 Å². The van der Waals surface area contributed by atoms with Gasteiger partial charge in [0.05, 0.1) is 23.3 Å². The number of alkyl halides is 1. The average Bonchev–Trinajstić information content (AvgIpc) is 3.17. The van der Waals surface area contributed by atoms with Crippen LogP contribution in [0.4, 0.5) is 4.39 Å². The van der Waals surface area contributed by atoms with E-state index < -0.39 is 30.7 Å². The molecule has 0 aliphatic carbocycles. The maximum Gasteiger partial charge on any atom is 0.181 e. The summed E-state index contributed by atoms with van der Waals surface area (Å²) < 4.78 is 23.4. The molecule has 0 unspecified atom stereocenters. The lowest BCUT2D eigenvalue weighted by atomic mass is 9.98. The minimum absolute atomic E-state index is 0.456. The van der Waals surface area contributed by atoms with Gasteiger partial charge in [-0.2, -0.15) is 0 Å². The number of aliphatic hydroxyl groups is 2. The zero-order valence-corrected chi connectivity index (χ0v) is 17.4. The Labute approximate surface area is 175 Å². The van der Waals surface area contributed by atoms with E-state index in [1.165, 1.54) is 17.8 Å². The molecule has 2 aromatic heterocycles. The third-order valence-electron chi connectivity index (χ3n) is 5.13. The first-order valence-electron chi connectivity index (χ1n) is 9.06. The van der Waals surface area contributed by atoms with Gasteiger partial charge in [0.15, 0.2) is 11.9 Å². The third-order valence-corrected chi connectivity index (χ3v) is 5.66. The monoisotopic (exact) mass is 459 g/mol. The number of ether oxygens (including phenoxy) is 1. The summed E-state index contributed by atoms with van der Waals surface area (Å²) in [4.78, 5) is 8.54. The number of rotatable bonds is 2. The Morgan fingerprint density at radius 2 is 2.00 bits per heavy atom. The molecule has 0 bridgehead atoms. The second-order valence-corrected chi connectivity index (χ2v) is 8.09. The Morgan fingerprint density at radius 1 is 1.28 bits per heavy atom. The van der Waals surface area contributed by atoms with Crippen LogP contribution in [0.15, 0.2) is 41.3 Å². The van der Waals surface area contributed by atoms with Gasteiger partial charge in [0.1, 0.15) is 24.2 Å². The zero-order valence-electron chi connectivity index (χ0n) is 15.8. The summed E-state index contributed by atoms with van der Waals surface area (Å²) in [5.74, 6) is 6.21. The van der Waals surface area contributed by atoms with E-state index in [4.69, 9.17) is 4.74 Å². The van der Waals surface area contributed by atoms with Gasteiger partial charge in [-0.05, 0) is 38.1 Å². The summed E-state index contributed by atoms with van der Waals surface area (Å²) >= 11 is 3.40. The Balaban J connectivity index is 1.84. The first-order chi connectivity index (χ1) is 13.8.